The summed E-state index contributed by atoms with van der Waals surface area (Å²) in [6.45, 7) is 0. The normalized spacial score (nSPS) is 20.6. The van der Waals surface area contributed by atoms with Gasteiger partial charge >= 0.3 is 5.97 Å². The highest BCUT2D eigenvalue weighted by Crippen LogP contribution is 2.29. The van der Waals surface area contributed by atoms with Crippen LogP contribution in [0.1, 0.15) is 50.5 Å². The molecule has 0 aromatic heterocycles. The minimum Gasteiger partial charge on any atom is -0.481 e. The number of unbranched alkanes of at least 4 members (excludes halogenated alkanes) is 1. The van der Waals surface area contributed by atoms with Crippen LogP contribution >= 0.6 is 11.6 Å². The molecule has 1 fully saturated rings. The molecule has 2 unspecified atom stereocenters. The van der Waals surface area contributed by atoms with Crippen molar-refractivity contribution in [2.45, 2.75) is 51.0 Å². The summed E-state index contributed by atoms with van der Waals surface area (Å²) in [4.78, 5) is 10.5. The monoisotopic (exact) mass is 411 g/mol. The van der Waals surface area contributed by atoms with Gasteiger partial charge in [0, 0.05) is 22.9 Å². The third kappa shape index (κ3) is 8.28. The SMILES string of the molecule is O=C(O)CCCC=CCC1CCCC1NS(=O)(=O)C=Cc1cccc(Cl)c1. The number of hydrogen-bond donors (Lipinski definition) is 2. The van der Waals surface area contributed by atoms with Crippen molar-refractivity contribution >= 4 is 33.7 Å². The van der Waals surface area contributed by atoms with E-state index < -0.39 is 16.0 Å². The first-order valence-corrected chi connectivity index (χ1v) is 11.1. The highest BCUT2D eigenvalue weighted by Gasteiger charge is 2.28. The Kier molecular flexibility index (Phi) is 8.54. The second-order valence-corrected chi connectivity index (χ2v) is 8.85. The molecule has 0 radical (unpaired) electrons. The van der Waals surface area contributed by atoms with E-state index >= 15 is 0 Å². The molecule has 1 aromatic carbocycles. The summed E-state index contributed by atoms with van der Waals surface area (Å²) in [5.41, 5.74) is 0.736. The molecule has 0 saturated heterocycles. The van der Waals surface area contributed by atoms with Crippen molar-refractivity contribution in [1.82, 2.24) is 4.72 Å². The molecule has 1 aromatic rings. The number of allylic oxidation sites excluding steroid dienone is 2. The Morgan fingerprint density at radius 2 is 2.11 bits per heavy atom. The summed E-state index contributed by atoms with van der Waals surface area (Å²) < 4.78 is 27.5. The molecule has 5 nitrogen and oxygen atoms in total. The van der Waals surface area contributed by atoms with Crippen LogP contribution in [0.2, 0.25) is 5.02 Å². The molecule has 0 heterocycles. The first-order chi connectivity index (χ1) is 12.9. The van der Waals surface area contributed by atoms with Gasteiger partial charge in [0.05, 0.1) is 0 Å². The minimum absolute atomic E-state index is 0.0670. The van der Waals surface area contributed by atoms with E-state index in [0.29, 0.717) is 11.4 Å². The van der Waals surface area contributed by atoms with Crippen molar-refractivity contribution < 1.29 is 18.3 Å². The van der Waals surface area contributed by atoms with Gasteiger partial charge in [-0.1, -0.05) is 42.3 Å². The lowest BCUT2D eigenvalue weighted by Gasteiger charge is -2.18. The second kappa shape index (κ2) is 10.6. The zero-order valence-electron chi connectivity index (χ0n) is 15.2. The summed E-state index contributed by atoms with van der Waals surface area (Å²) in [7, 11) is -3.52. The van der Waals surface area contributed by atoms with E-state index in [9.17, 15) is 13.2 Å². The smallest absolute Gasteiger partial charge is 0.303 e. The lowest BCUT2D eigenvalue weighted by atomic mass is 10.00. The van der Waals surface area contributed by atoms with Gasteiger partial charge in [-0.3, -0.25) is 4.79 Å². The molecular weight excluding hydrogens is 386 g/mol. The fourth-order valence-corrected chi connectivity index (χ4v) is 4.61. The summed E-state index contributed by atoms with van der Waals surface area (Å²) in [5.74, 6) is -0.505. The lowest BCUT2D eigenvalue weighted by Crippen LogP contribution is -2.36. The number of rotatable bonds is 10. The molecule has 0 spiro atoms. The minimum atomic E-state index is -3.52. The largest absolute Gasteiger partial charge is 0.481 e. The van der Waals surface area contributed by atoms with Crippen LogP contribution in [0.3, 0.4) is 0 Å². The molecule has 2 N–H and O–H groups in total. The zero-order chi connectivity index (χ0) is 19.7. The van der Waals surface area contributed by atoms with E-state index in [1.807, 2.05) is 12.2 Å². The molecule has 0 amide bonds. The van der Waals surface area contributed by atoms with Crippen LogP contribution in [0.25, 0.3) is 6.08 Å². The Labute approximate surface area is 166 Å². The Morgan fingerprint density at radius 1 is 1.30 bits per heavy atom. The van der Waals surface area contributed by atoms with E-state index in [1.54, 1.807) is 30.3 Å². The van der Waals surface area contributed by atoms with Gasteiger partial charge in [0.2, 0.25) is 10.0 Å². The van der Waals surface area contributed by atoms with Crippen LogP contribution < -0.4 is 4.72 Å². The number of carbonyl (C=O) groups is 1. The number of aliphatic carboxylic acids is 1. The van der Waals surface area contributed by atoms with Crippen LogP contribution in [0.5, 0.6) is 0 Å². The molecule has 1 aliphatic carbocycles. The number of halogens is 1. The molecule has 0 bridgehead atoms. The average Bonchev–Trinajstić information content (AvgIpc) is 3.02. The molecule has 2 rings (SSSR count). The van der Waals surface area contributed by atoms with Gasteiger partial charge in [-0.25, -0.2) is 13.1 Å². The van der Waals surface area contributed by atoms with E-state index in [4.69, 9.17) is 16.7 Å². The Morgan fingerprint density at radius 3 is 2.85 bits per heavy atom. The maximum Gasteiger partial charge on any atom is 0.303 e. The van der Waals surface area contributed by atoms with Crippen LogP contribution in [0, 0.1) is 5.92 Å². The highest BCUT2D eigenvalue weighted by atomic mass is 35.5. The topological polar surface area (TPSA) is 83.5 Å². The third-order valence-corrected chi connectivity index (χ3v) is 5.99. The molecule has 1 saturated carbocycles. The summed E-state index contributed by atoms with van der Waals surface area (Å²) in [6.07, 6.45) is 10.7. The molecule has 148 valence electrons. The van der Waals surface area contributed by atoms with E-state index in [2.05, 4.69) is 4.72 Å². The molecule has 1 aliphatic rings. The molecule has 7 heteroatoms. The second-order valence-electron chi connectivity index (χ2n) is 6.81. The maximum atomic E-state index is 12.4. The number of carboxylic acid groups (broad SMARTS) is 1. The van der Waals surface area contributed by atoms with E-state index in [1.165, 1.54) is 5.41 Å². The van der Waals surface area contributed by atoms with Gasteiger partial charge in [-0.2, -0.15) is 0 Å². The lowest BCUT2D eigenvalue weighted by molar-refractivity contribution is -0.137. The van der Waals surface area contributed by atoms with Gasteiger partial charge in [0.25, 0.3) is 0 Å². The zero-order valence-corrected chi connectivity index (χ0v) is 16.8. The molecule has 2 atom stereocenters. The van der Waals surface area contributed by atoms with E-state index in [-0.39, 0.29) is 18.4 Å². The average molecular weight is 412 g/mol. The standard InChI is InChI=1S/C20H26ClNO4S/c21-18-10-5-7-16(15-18)13-14-27(25,26)22-19-11-6-9-17(19)8-3-1-2-4-12-20(23)24/h1,3,5,7,10,13-15,17,19,22H,2,4,6,8-9,11-12H2,(H,23,24). The fraction of sp³-hybridized carbons (Fsp3) is 0.450. The van der Waals surface area contributed by atoms with Crippen molar-refractivity contribution in [2.75, 3.05) is 0 Å². The Balaban J connectivity index is 1.85. The summed E-state index contributed by atoms with van der Waals surface area (Å²) in [5, 5.41) is 10.4. The summed E-state index contributed by atoms with van der Waals surface area (Å²) in [6, 6.07) is 6.96. The van der Waals surface area contributed by atoms with Gasteiger partial charge in [-0.05, 0) is 61.8 Å². The first kappa shape index (κ1) is 21.7. The van der Waals surface area contributed by atoms with Crippen LogP contribution in [-0.2, 0) is 14.8 Å². The van der Waals surface area contributed by atoms with Gasteiger partial charge in [-0.15, -0.1) is 0 Å². The van der Waals surface area contributed by atoms with Crippen LogP contribution in [0.4, 0.5) is 0 Å². The Hall–Kier alpha value is -1.63. The van der Waals surface area contributed by atoms with Crippen molar-refractivity contribution in [3.63, 3.8) is 0 Å². The molecule has 27 heavy (non-hydrogen) atoms. The predicted molar refractivity (Wildman–Crippen MR) is 109 cm³/mol. The van der Waals surface area contributed by atoms with Crippen LogP contribution in [-0.4, -0.2) is 25.5 Å². The molecule has 0 aliphatic heterocycles. The van der Waals surface area contributed by atoms with Crippen molar-refractivity contribution in [1.29, 1.82) is 0 Å². The van der Waals surface area contributed by atoms with Gasteiger partial charge in [0.1, 0.15) is 0 Å². The maximum absolute atomic E-state index is 12.4. The van der Waals surface area contributed by atoms with Gasteiger partial charge in [0.15, 0.2) is 0 Å². The fourth-order valence-electron chi connectivity index (χ4n) is 3.26. The van der Waals surface area contributed by atoms with E-state index in [0.717, 1.165) is 37.7 Å². The number of benzene rings is 1. The van der Waals surface area contributed by atoms with Crippen molar-refractivity contribution in [3.05, 3.63) is 52.4 Å². The highest BCUT2D eigenvalue weighted by molar-refractivity contribution is 7.92. The number of carboxylic acids is 1. The number of nitrogens with one attached hydrogen (secondary N) is 1. The van der Waals surface area contributed by atoms with Crippen molar-refractivity contribution in [3.8, 4) is 0 Å². The predicted octanol–water partition coefficient (Wildman–Crippen LogP) is 4.60. The molecular formula is C20H26ClNO4S. The summed E-state index contributed by atoms with van der Waals surface area (Å²) >= 11 is 5.91. The van der Waals surface area contributed by atoms with Gasteiger partial charge < -0.3 is 5.11 Å². The number of sulfonamides is 1. The van der Waals surface area contributed by atoms with Crippen LogP contribution in [0.15, 0.2) is 41.8 Å². The quantitative estimate of drug-likeness (QED) is 0.435. The number of hydrogen-bond acceptors (Lipinski definition) is 3. The third-order valence-electron chi connectivity index (χ3n) is 4.63. The Bertz CT molecular complexity index is 789. The van der Waals surface area contributed by atoms with Crippen molar-refractivity contribution in [2.24, 2.45) is 5.92 Å². The first-order valence-electron chi connectivity index (χ1n) is 9.18.